The molecule has 2 bridgehead atoms. The molecular weight excluding hydrogens is 428 g/mol. The zero-order chi connectivity index (χ0) is 21.5. The number of hydrogen-bond acceptors (Lipinski definition) is 8. The number of piperidine rings is 2. The van der Waals surface area contributed by atoms with Crippen molar-refractivity contribution in [2.24, 2.45) is 0 Å². The summed E-state index contributed by atoms with van der Waals surface area (Å²) in [7, 11) is 0. The molecule has 2 aliphatic rings. The van der Waals surface area contributed by atoms with Gasteiger partial charge < -0.3 is 15.6 Å². The van der Waals surface area contributed by atoms with Crippen LogP contribution < -0.4 is 5.32 Å². The minimum atomic E-state index is 0.0359. The highest BCUT2D eigenvalue weighted by atomic mass is 32.1. The van der Waals surface area contributed by atoms with Gasteiger partial charge in [-0.25, -0.2) is 15.0 Å². The number of aryl methyl sites for hydroxylation is 2. The fourth-order valence-electron chi connectivity index (χ4n) is 4.61. The molecule has 31 heavy (non-hydrogen) atoms. The Labute approximate surface area is 189 Å². The number of anilines is 2. The largest absolute Gasteiger partial charge is 0.332 e. The van der Waals surface area contributed by atoms with Crippen LogP contribution in [-0.4, -0.2) is 43.6 Å². The second kappa shape index (κ2) is 8.12. The predicted molar refractivity (Wildman–Crippen MR) is 125 cm³/mol. The molecule has 2 saturated heterocycles. The summed E-state index contributed by atoms with van der Waals surface area (Å²) in [6.45, 7) is 4.00. The number of pyridine rings is 1. The van der Waals surface area contributed by atoms with Crippen molar-refractivity contribution in [1.29, 1.82) is 5.41 Å². The number of amides is 1. The molecule has 0 aliphatic carbocycles. The molecule has 0 radical (unpaired) electrons. The van der Waals surface area contributed by atoms with Gasteiger partial charge in [-0.15, -0.1) is 22.7 Å². The average molecular weight is 453 g/mol. The molecular formula is C22H24N6OS2. The molecule has 160 valence electrons. The molecule has 2 atom stereocenters. The van der Waals surface area contributed by atoms with E-state index in [1.165, 1.54) is 11.3 Å². The number of fused-ring (bicyclic) bond motifs is 2. The summed E-state index contributed by atoms with van der Waals surface area (Å²) in [5.41, 5.74) is 3.30. The van der Waals surface area contributed by atoms with E-state index in [4.69, 9.17) is 5.41 Å². The van der Waals surface area contributed by atoms with Crippen molar-refractivity contribution in [2.75, 3.05) is 5.32 Å². The summed E-state index contributed by atoms with van der Waals surface area (Å²) in [5.74, 6) is 0.698. The van der Waals surface area contributed by atoms with Crippen LogP contribution >= 0.6 is 22.7 Å². The summed E-state index contributed by atoms with van der Waals surface area (Å²) < 4.78 is 0. The molecule has 1 amide bonds. The van der Waals surface area contributed by atoms with Crippen LogP contribution in [-0.2, 0) is 0 Å². The van der Waals surface area contributed by atoms with Crippen LogP contribution in [0.15, 0.2) is 23.7 Å². The molecule has 0 aromatic carbocycles. The molecule has 5 rings (SSSR count). The Kier molecular flexibility index (Phi) is 5.31. The van der Waals surface area contributed by atoms with Crippen molar-refractivity contribution in [3.05, 3.63) is 40.0 Å². The third kappa shape index (κ3) is 3.99. The van der Waals surface area contributed by atoms with E-state index in [0.29, 0.717) is 24.2 Å². The first kappa shape index (κ1) is 20.3. The summed E-state index contributed by atoms with van der Waals surface area (Å²) in [5, 5.41) is 15.1. The van der Waals surface area contributed by atoms with E-state index in [-0.39, 0.29) is 18.0 Å². The lowest BCUT2D eigenvalue weighted by atomic mass is 9.83. The maximum Gasteiger partial charge on any atom is 0.255 e. The normalized spacial score (nSPS) is 20.7. The molecule has 2 N–H and O–H groups in total. The highest BCUT2D eigenvalue weighted by molar-refractivity contribution is 7.16. The Balaban J connectivity index is 1.29. The fraction of sp³-hybridized carbons (Fsp3) is 0.409. The SMILES string of the molecule is Cc1nc(C)c(-c2csc(Nc3ccc(C(=O)N4[C@@H]5CCC[C@H]4CC(=N)C5)cn3)n2)s1. The van der Waals surface area contributed by atoms with E-state index in [1.807, 2.05) is 36.3 Å². The van der Waals surface area contributed by atoms with Crippen molar-refractivity contribution in [2.45, 2.75) is 58.0 Å². The third-order valence-electron chi connectivity index (χ3n) is 5.95. The second-order valence-corrected chi connectivity index (χ2v) is 10.3. The van der Waals surface area contributed by atoms with Gasteiger partial charge in [0.1, 0.15) is 5.82 Å². The van der Waals surface area contributed by atoms with E-state index in [0.717, 1.165) is 51.4 Å². The van der Waals surface area contributed by atoms with E-state index in [1.54, 1.807) is 17.5 Å². The Morgan fingerprint density at radius 3 is 2.61 bits per heavy atom. The first-order valence-electron chi connectivity index (χ1n) is 10.5. The molecule has 3 aromatic rings. The van der Waals surface area contributed by atoms with Gasteiger partial charge in [-0.05, 0) is 45.2 Å². The Morgan fingerprint density at radius 1 is 1.19 bits per heavy atom. The number of thiazole rings is 2. The summed E-state index contributed by atoms with van der Waals surface area (Å²) in [6, 6.07) is 3.99. The van der Waals surface area contributed by atoms with Crippen LogP contribution in [0.2, 0.25) is 0 Å². The van der Waals surface area contributed by atoms with E-state index < -0.39 is 0 Å². The van der Waals surface area contributed by atoms with Gasteiger partial charge in [0.05, 0.1) is 26.8 Å². The molecule has 2 aliphatic heterocycles. The highest BCUT2D eigenvalue weighted by Crippen LogP contribution is 2.34. The van der Waals surface area contributed by atoms with Gasteiger partial charge in [-0.1, -0.05) is 0 Å². The molecule has 0 saturated carbocycles. The standard InChI is InChI=1S/C22H24N6OS2/c1-12-20(31-13(2)25-12)18-11-30-22(26-18)27-19-7-6-14(10-24-19)21(29)28-16-4-3-5-17(28)9-15(23)8-16/h6-7,10-11,16-17,23H,3-5,8-9H2,1-2H3,(H,24,26,27)/t16-,17+. The number of hydrogen-bond donors (Lipinski definition) is 2. The van der Waals surface area contributed by atoms with Crippen molar-refractivity contribution < 1.29 is 4.79 Å². The molecule has 9 heteroatoms. The van der Waals surface area contributed by atoms with Crippen LogP contribution in [0.3, 0.4) is 0 Å². The van der Waals surface area contributed by atoms with Gasteiger partial charge in [0.15, 0.2) is 5.13 Å². The van der Waals surface area contributed by atoms with Crippen molar-refractivity contribution in [3.63, 3.8) is 0 Å². The third-order valence-corrected chi connectivity index (χ3v) is 7.80. The summed E-state index contributed by atoms with van der Waals surface area (Å²) in [6.07, 6.45) is 6.18. The Hall–Kier alpha value is -2.65. The Morgan fingerprint density at radius 2 is 1.97 bits per heavy atom. The monoisotopic (exact) mass is 452 g/mol. The van der Waals surface area contributed by atoms with E-state index >= 15 is 0 Å². The van der Waals surface area contributed by atoms with Crippen molar-refractivity contribution in [3.8, 4) is 10.6 Å². The quantitative estimate of drug-likeness (QED) is 0.567. The van der Waals surface area contributed by atoms with Gasteiger partial charge >= 0.3 is 0 Å². The predicted octanol–water partition coefficient (Wildman–Crippen LogP) is 5.20. The van der Waals surface area contributed by atoms with Crippen LogP contribution in [0.5, 0.6) is 0 Å². The number of rotatable bonds is 4. The van der Waals surface area contributed by atoms with Crippen molar-refractivity contribution >= 4 is 45.2 Å². The molecule has 5 heterocycles. The zero-order valence-electron chi connectivity index (χ0n) is 17.5. The van der Waals surface area contributed by atoms with E-state index in [2.05, 4.69) is 20.3 Å². The minimum absolute atomic E-state index is 0.0359. The second-order valence-electron chi connectivity index (χ2n) is 8.21. The zero-order valence-corrected chi connectivity index (χ0v) is 19.1. The summed E-state index contributed by atoms with van der Waals surface area (Å²) >= 11 is 3.17. The van der Waals surface area contributed by atoms with Gasteiger partial charge in [-0.2, -0.15) is 0 Å². The number of carbonyl (C=O) groups excluding carboxylic acids is 1. The van der Waals surface area contributed by atoms with Gasteiger partial charge in [-0.3, -0.25) is 4.79 Å². The first-order chi connectivity index (χ1) is 15.0. The molecule has 0 spiro atoms. The molecule has 2 fully saturated rings. The summed E-state index contributed by atoms with van der Waals surface area (Å²) in [4.78, 5) is 29.9. The lowest BCUT2D eigenvalue weighted by Gasteiger charge is -2.46. The maximum atomic E-state index is 13.2. The average Bonchev–Trinajstić information content (AvgIpc) is 3.32. The van der Waals surface area contributed by atoms with Crippen molar-refractivity contribution in [1.82, 2.24) is 19.9 Å². The van der Waals surface area contributed by atoms with Gasteiger partial charge in [0, 0.05) is 42.2 Å². The number of aromatic nitrogens is 3. The molecule has 7 nitrogen and oxygen atoms in total. The van der Waals surface area contributed by atoms with Crippen LogP contribution in [0.25, 0.3) is 10.6 Å². The van der Waals surface area contributed by atoms with Gasteiger partial charge in [0.25, 0.3) is 5.91 Å². The first-order valence-corrected chi connectivity index (χ1v) is 12.2. The number of nitrogens with zero attached hydrogens (tertiary/aromatic N) is 4. The van der Waals surface area contributed by atoms with Gasteiger partial charge in [0.2, 0.25) is 0 Å². The lowest BCUT2D eigenvalue weighted by Crippen LogP contribution is -2.54. The topological polar surface area (TPSA) is 94.9 Å². The number of carbonyl (C=O) groups is 1. The fourth-order valence-corrected chi connectivity index (χ4v) is 6.27. The Bertz CT molecular complexity index is 1120. The van der Waals surface area contributed by atoms with E-state index in [9.17, 15) is 4.79 Å². The molecule has 3 aromatic heterocycles. The minimum Gasteiger partial charge on any atom is -0.332 e. The maximum absolute atomic E-state index is 13.2. The highest BCUT2D eigenvalue weighted by Gasteiger charge is 2.39. The molecule has 0 unspecified atom stereocenters. The number of nitrogens with one attached hydrogen (secondary N) is 2. The van der Waals surface area contributed by atoms with Crippen LogP contribution in [0, 0.1) is 19.3 Å². The smallest absolute Gasteiger partial charge is 0.255 e. The van der Waals surface area contributed by atoms with Crippen LogP contribution in [0.1, 0.15) is 53.2 Å². The van der Waals surface area contributed by atoms with Crippen LogP contribution in [0.4, 0.5) is 10.9 Å². The lowest BCUT2D eigenvalue weighted by molar-refractivity contribution is 0.0428.